The van der Waals surface area contributed by atoms with E-state index in [1.54, 1.807) is 24.3 Å². The van der Waals surface area contributed by atoms with Crippen molar-refractivity contribution in [1.82, 2.24) is 15.4 Å². The highest BCUT2D eigenvalue weighted by Gasteiger charge is 2.29. The van der Waals surface area contributed by atoms with E-state index < -0.39 is 29.2 Å². The van der Waals surface area contributed by atoms with E-state index in [-0.39, 0.29) is 5.91 Å². The summed E-state index contributed by atoms with van der Waals surface area (Å²) < 4.78 is 10.9. The lowest BCUT2D eigenvalue weighted by Crippen LogP contribution is -2.32. The number of nitrogens with one attached hydrogen (secondary N) is 3. The molecule has 322 valence electrons. The van der Waals surface area contributed by atoms with Gasteiger partial charge in [-0.05, 0) is 107 Å². The van der Waals surface area contributed by atoms with Gasteiger partial charge < -0.3 is 19.8 Å². The van der Waals surface area contributed by atoms with Gasteiger partial charge in [-0.2, -0.15) is 0 Å². The Bertz CT molecular complexity index is 2390. The highest BCUT2D eigenvalue weighted by molar-refractivity contribution is 6.02. The number of imidazole rings is 1. The van der Waals surface area contributed by atoms with Crippen LogP contribution in [0, 0.1) is 0 Å². The van der Waals surface area contributed by atoms with Crippen molar-refractivity contribution in [3.63, 3.8) is 0 Å². The summed E-state index contributed by atoms with van der Waals surface area (Å²) in [5.74, 6) is -0.414. The van der Waals surface area contributed by atoms with Crippen molar-refractivity contribution in [3.8, 4) is 33.9 Å². The minimum Gasteiger partial charge on any atom is -0.458 e. The number of nitrogens with zero attached hydrogens (tertiary/aromatic N) is 1. The molecule has 0 saturated carbocycles. The highest BCUT2D eigenvalue weighted by atomic mass is 16.7. The summed E-state index contributed by atoms with van der Waals surface area (Å²) in [4.78, 5) is 51.9. The van der Waals surface area contributed by atoms with E-state index in [9.17, 15) is 14.4 Å². The van der Waals surface area contributed by atoms with E-state index in [2.05, 4.69) is 34.8 Å². The van der Waals surface area contributed by atoms with Crippen molar-refractivity contribution in [1.29, 1.82) is 0 Å². The Morgan fingerprint density at radius 1 is 0.694 bits per heavy atom. The summed E-state index contributed by atoms with van der Waals surface area (Å²) in [6.07, 6.45) is 14.6. The van der Waals surface area contributed by atoms with Crippen LogP contribution in [0.2, 0.25) is 0 Å². The number of esters is 2. The molecule has 10 nitrogen and oxygen atoms in total. The number of hydrogen-bond acceptors (Lipinski definition) is 8. The van der Waals surface area contributed by atoms with Gasteiger partial charge in [0.25, 0.3) is 0 Å². The fourth-order valence-corrected chi connectivity index (χ4v) is 6.77. The fourth-order valence-electron chi connectivity index (χ4n) is 6.77. The number of aryl methyl sites for hydroxylation is 1. The van der Waals surface area contributed by atoms with Crippen LogP contribution in [-0.4, -0.2) is 45.1 Å². The second kappa shape index (κ2) is 20.4. The van der Waals surface area contributed by atoms with Crippen LogP contribution in [0.15, 0.2) is 115 Å². The Kier molecular flexibility index (Phi) is 14.8. The second-order valence-corrected chi connectivity index (χ2v) is 17.4. The molecule has 0 aliphatic carbocycles. The molecule has 2 heterocycles. The first-order valence-corrected chi connectivity index (χ1v) is 21.4. The molecule has 4 aromatic carbocycles. The number of benzene rings is 4. The SMILES string of the molecule is CCCCCCCc1ccc(NC(=O)C=Cc2ccc(-c3[nH]c(-c4ccc(C5=CC(C(=O)OC(C)(C)C)ON5)cc4)nc3-c3ccc(C=CC(=O)OC(C)(C)C)cc3)cc2)cc1. The molecule has 1 aliphatic rings. The number of rotatable bonds is 16. The van der Waals surface area contributed by atoms with Crippen LogP contribution in [0.25, 0.3) is 51.8 Å². The van der Waals surface area contributed by atoms with Gasteiger partial charge >= 0.3 is 11.9 Å². The topological polar surface area (TPSA) is 132 Å². The van der Waals surface area contributed by atoms with Crippen molar-refractivity contribution in [2.45, 2.75) is 104 Å². The van der Waals surface area contributed by atoms with Crippen LogP contribution in [0.3, 0.4) is 0 Å². The van der Waals surface area contributed by atoms with Crippen LogP contribution < -0.4 is 10.8 Å². The fraction of sp³-hybridized carbons (Fsp3) is 0.308. The van der Waals surface area contributed by atoms with Crippen LogP contribution in [-0.2, 0) is 35.1 Å². The van der Waals surface area contributed by atoms with E-state index in [1.807, 2.05) is 126 Å². The van der Waals surface area contributed by atoms with Gasteiger partial charge in [0.2, 0.25) is 12.0 Å². The molecular weight excluding hydrogens is 777 g/mol. The van der Waals surface area contributed by atoms with Gasteiger partial charge in [0.05, 0.1) is 17.1 Å². The predicted octanol–water partition coefficient (Wildman–Crippen LogP) is 11.5. The lowest BCUT2D eigenvalue weighted by Gasteiger charge is -2.20. The number of carbonyl (C=O) groups is 3. The molecule has 10 heteroatoms. The molecule has 6 rings (SSSR count). The summed E-state index contributed by atoms with van der Waals surface area (Å²) in [6.45, 7) is 13.2. The van der Waals surface area contributed by atoms with Gasteiger partial charge in [0.15, 0.2) is 0 Å². The Hall–Kier alpha value is -6.52. The van der Waals surface area contributed by atoms with Crippen LogP contribution >= 0.6 is 0 Å². The maximum Gasteiger partial charge on any atom is 0.342 e. The van der Waals surface area contributed by atoms with Gasteiger partial charge in [-0.1, -0.05) is 118 Å². The van der Waals surface area contributed by atoms with Gasteiger partial charge in [-0.3, -0.25) is 15.1 Å². The molecule has 1 aliphatic heterocycles. The molecule has 0 saturated heterocycles. The number of aromatic nitrogens is 2. The first-order valence-electron chi connectivity index (χ1n) is 21.4. The van der Waals surface area contributed by atoms with Gasteiger partial charge in [0.1, 0.15) is 17.0 Å². The smallest absolute Gasteiger partial charge is 0.342 e. The quantitative estimate of drug-likeness (QED) is 0.0509. The number of H-pyrrole nitrogens is 1. The standard InChI is InChI=1S/C52H58N4O6/c1-8-9-10-11-12-13-35-18-30-42(31-19-35)53-45(57)32-20-36-14-22-39(23-15-36)47-48(40-24-16-37(17-25-40)21-33-46(58)60-51(2,3)4)55-49(54-47)41-28-26-38(27-29-41)43-34-44(62-56-43)50(59)61-52(5,6)7/h14-34,44,56H,8-13H2,1-7H3,(H,53,57)(H,54,55). The van der Waals surface area contributed by atoms with Crippen molar-refractivity contribution >= 4 is 41.4 Å². The molecule has 1 unspecified atom stereocenters. The Balaban J connectivity index is 1.19. The first-order chi connectivity index (χ1) is 29.6. The zero-order valence-electron chi connectivity index (χ0n) is 36.8. The number of unbranched alkanes of at least 4 members (excludes halogenated alkanes) is 4. The maximum absolute atomic E-state index is 12.8. The molecule has 5 aromatic rings. The number of anilines is 1. The average Bonchev–Trinajstić information content (AvgIpc) is 3.92. The second-order valence-electron chi connectivity index (χ2n) is 17.4. The zero-order chi connectivity index (χ0) is 44.3. The molecule has 62 heavy (non-hydrogen) atoms. The van der Waals surface area contributed by atoms with E-state index in [0.29, 0.717) is 11.5 Å². The first kappa shape index (κ1) is 45.0. The van der Waals surface area contributed by atoms with Crippen LogP contribution in [0.4, 0.5) is 5.69 Å². The third kappa shape index (κ3) is 13.2. The Morgan fingerprint density at radius 2 is 1.27 bits per heavy atom. The molecule has 1 aromatic heterocycles. The van der Waals surface area contributed by atoms with Crippen molar-refractivity contribution in [2.75, 3.05) is 5.32 Å². The average molecular weight is 835 g/mol. The van der Waals surface area contributed by atoms with Crippen LogP contribution in [0.1, 0.15) is 103 Å². The van der Waals surface area contributed by atoms with Gasteiger partial charge in [-0.25, -0.2) is 14.6 Å². The molecule has 1 atom stereocenters. The number of amides is 1. The van der Waals surface area contributed by atoms with E-state index in [1.165, 1.54) is 43.7 Å². The van der Waals surface area contributed by atoms with Crippen molar-refractivity contribution in [2.24, 2.45) is 0 Å². The third-order valence-electron chi connectivity index (χ3n) is 9.85. The van der Waals surface area contributed by atoms with Gasteiger partial charge in [-0.15, -0.1) is 0 Å². The minimum absolute atomic E-state index is 0.201. The molecule has 0 spiro atoms. The zero-order valence-corrected chi connectivity index (χ0v) is 36.8. The number of hydrogen-bond donors (Lipinski definition) is 3. The maximum atomic E-state index is 12.8. The molecule has 3 N–H and O–H groups in total. The van der Waals surface area contributed by atoms with E-state index in [0.717, 1.165) is 56.9 Å². The predicted molar refractivity (Wildman–Crippen MR) is 248 cm³/mol. The lowest BCUT2D eigenvalue weighted by molar-refractivity contribution is -0.166. The summed E-state index contributed by atoms with van der Waals surface area (Å²) in [5.41, 5.74) is 11.1. The molecule has 0 radical (unpaired) electrons. The summed E-state index contributed by atoms with van der Waals surface area (Å²) in [7, 11) is 0. The van der Waals surface area contributed by atoms with Crippen molar-refractivity contribution in [3.05, 3.63) is 138 Å². The summed E-state index contributed by atoms with van der Waals surface area (Å²) >= 11 is 0. The van der Waals surface area contributed by atoms with Crippen molar-refractivity contribution < 1.29 is 28.7 Å². The molecule has 1 amide bonds. The number of carbonyl (C=O) groups excluding carboxylic acids is 3. The minimum atomic E-state index is -0.852. The van der Waals surface area contributed by atoms with Crippen LogP contribution in [0.5, 0.6) is 0 Å². The van der Waals surface area contributed by atoms with E-state index in [4.69, 9.17) is 19.3 Å². The number of hydroxylamine groups is 1. The molecule has 0 bridgehead atoms. The normalized spacial score (nSPS) is 14.2. The Morgan fingerprint density at radius 3 is 1.90 bits per heavy atom. The largest absolute Gasteiger partial charge is 0.458 e. The van der Waals surface area contributed by atoms with Gasteiger partial charge in [0, 0.05) is 34.5 Å². The highest BCUT2D eigenvalue weighted by Crippen LogP contribution is 2.34. The summed E-state index contributed by atoms with van der Waals surface area (Å²) in [5, 5.41) is 2.97. The monoisotopic (exact) mass is 834 g/mol. The third-order valence-corrected chi connectivity index (χ3v) is 9.85. The molecular formula is C52H58N4O6. The van der Waals surface area contributed by atoms with E-state index >= 15 is 0 Å². The summed E-state index contributed by atoms with van der Waals surface area (Å²) in [6, 6.07) is 31.6. The number of aromatic amines is 1. The lowest BCUT2D eigenvalue weighted by atomic mass is 10.0. The molecule has 0 fully saturated rings. The number of ether oxygens (including phenoxy) is 2. The Labute approximate surface area is 365 Å².